The molecule has 2 rings (SSSR count). The van der Waals surface area contributed by atoms with E-state index in [0.717, 1.165) is 22.0 Å². The molecule has 0 aliphatic carbocycles. The maximum atomic E-state index is 5.92. The second-order valence-corrected chi connectivity index (χ2v) is 5.00. The van der Waals surface area contributed by atoms with Crippen molar-refractivity contribution in [1.29, 1.82) is 0 Å². The Morgan fingerprint density at radius 3 is 3.00 bits per heavy atom. The van der Waals surface area contributed by atoms with Crippen molar-refractivity contribution in [2.24, 2.45) is 5.73 Å². The Labute approximate surface area is 98.1 Å². The molecule has 0 saturated heterocycles. The number of fused-ring (bicyclic) bond motifs is 1. The smallest absolute Gasteiger partial charge is 0.0982 e. The van der Waals surface area contributed by atoms with E-state index in [9.17, 15) is 0 Å². The quantitative estimate of drug-likeness (QED) is 0.893. The van der Waals surface area contributed by atoms with E-state index in [-0.39, 0.29) is 0 Å². The van der Waals surface area contributed by atoms with Crippen LogP contribution in [-0.4, -0.2) is 11.5 Å². The summed E-state index contributed by atoms with van der Waals surface area (Å²) in [4.78, 5) is 4.57. The number of aromatic nitrogens is 1. The Bertz CT molecular complexity index is 463. The highest BCUT2D eigenvalue weighted by molar-refractivity contribution is 7.18. The highest BCUT2D eigenvalue weighted by Gasteiger charge is 2.12. The van der Waals surface area contributed by atoms with Gasteiger partial charge < -0.3 is 5.73 Å². The zero-order chi connectivity index (χ0) is 10.8. The van der Waals surface area contributed by atoms with Crippen LogP contribution in [0, 0.1) is 0 Å². The fourth-order valence-corrected chi connectivity index (χ4v) is 2.85. The molecule has 0 aliphatic heterocycles. The van der Waals surface area contributed by atoms with Crippen molar-refractivity contribution in [3.63, 3.8) is 0 Å². The Balaban J connectivity index is 2.46. The van der Waals surface area contributed by atoms with Gasteiger partial charge in [-0.1, -0.05) is 18.5 Å². The van der Waals surface area contributed by atoms with Crippen LogP contribution in [0.1, 0.15) is 24.3 Å². The van der Waals surface area contributed by atoms with Crippen LogP contribution in [0.5, 0.6) is 0 Å². The van der Waals surface area contributed by atoms with Gasteiger partial charge in [0.2, 0.25) is 0 Å². The Morgan fingerprint density at radius 2 is 2.33 bits per heavy atom. The number of benzene rings is 1. The SMILES string of the molecule is CCC(CN)c1nc2cc(Cl)ccc2s1. The minimum Gasteiger partial charge on any atom is -0.330 e. The van der Waals surface area contributed by atoms with Crippen LogP contribution < -0.4 is 5.73 Å². The van der Waals surface area contributed by atoms with Gasteiger partial charge in [0.1, 0.15) is 0 Å². The number of rotatable bonds is 3. The molecule has 1 aromatic carbocycles. The second kappa shape index (κ2) is 4.47. The standard InChI is InChI=1S/C11H13ClN2S/c1-2-7(6-13)11-14-9-5-8(12)3-4-10(9)15-11/h3-5,7H,2,6,13H2,1H3. The predicted octanol–water partition coefficient (Wildman–Crippen LogP) is 3.40. The largest absolute Gasteiger partial charge is 0.330 e. The molecular formula is C11H13ClN2S. The molecule has 0 fully saturated rings. The third-order valence-electron chi connectivity index (χ3n) is 2.49. The zero-order valence-electron chi connectivity index (χ0n) is 8.53. The monoisotopic (exact) mass is 240 g/mol. The normalized spacial score (nSPS) is 13.3. The zero-order valence-corrected chi connectivity index (χ0v) is 10.1. The molecule has 15 heavy (non-hydrogen) atoms. The van der Waals surface area contributed by atoms with Crippen LogP contribution in [0.4, 0.5) is 0 Å². The Morgan fingerprint density at radius 1 is 1.53 bits per heavy atom. The fraction of sp³-hybridized carbons (Fsp3) is 0.364. The predicted molar refractivity (Wildman–Crippen MR) is 66.7 cm³/mol. The molecule has 1 unspecified atom stereocenters. The summed E-state index contributed by atoms with van der Waals surface area (Å²) in [6, 6.07) is 5.82. The van der Waals surface area contributed by atoms with E-state index >= 15 is 0 Å². The average Bonchev–Trinajstić information content (AvgIpc) is 2.62. The van der Waals surface area contributed by atoms with E-state index in [1.54, 1.807) is 11.3 Å². The number of halogens is 1. The van der Waals surface area contributed by atoms with E-state index in [1.807, 2.05) is 18.2 Å². The minimum absolute atomic E-state index is 0.376. The molecule has 0 aliphatic rings. The highest BCUT2D eigenvalue weighted by Crippen LogP contribution is 2.30. The van der Waals surface area contributed by atoms with E-state index in [4.69, 9.17) is 17.3 Å². The van der Waals surface area contributed by atoms with Gasteiger partial charge >= 0.3 is 0 Å². The molecule has 0 spiro atoms. The first kappa shape index (κ1) is 10.9. The van der Waals surface area contributed by atoms with Crippen LogP contribution >= 0.6 is 22.9 Å². The first-order chi connectivity index (χ1) is 7.24. The van der Waals surface area contributed by atoms with Crippen LogP contribution in [0.3, 0.4) is 0 Å². The van der Waals surface area contributed by atoms with Crippen LogP contribution in [0.15, 0.2) is 18.2 Å². The highest BCUT2D eigenvalue weighted by atomic mass is 35.5. The van der Waals surface area contributed by atoms with Crippen molar-refractivity contribution < 1.29 is 0 Å². The maximum absolute atomic E-state index is 5.92. The Hall–Kier alpha value is -0.640. The molecule has 2 nitrogen and oxygen atoms in total. The number of hydrogen-bond donors (Lipinski definition) is 1. The van der Waals surface area contributed by atoms with Crippen molar-refractivity contribution in [1.82, 2.24) is 4.98 Å². The van der Waals surface area contributed by atoms with Crippen LogP contribution in [0.25, 0.3) is 10.2 Å². The lowest BCUT2D eigenvalue weighted by atomic mass is 10.1. The summed E-state index contributed by atoms with van der Waals surface area (Å²) in [6.07, 6.45) is 1.03. The molecule has 0 amide bonds. The van der Waals surface area contributed by atoms with Crippen molar-refractivity contribution in [2.75, 3.05) is 6.54 Å². The van der Waals surface area contributed by atoms with Crippen molar-refractivity contribution in [3.8, 4) is 0 Å². The molecule has 0 bridgehead atoms. The molecule has 1 atom stereocenters. The van der Waals surface area contributed by atoms with Gasteiger partial charge in [0.25, 0.3) is 0 Å². The minimum atomic E-state index is 0.376. The van der Waals surface area contributed by atoms with Gasteiger partial charge in [-0.05, 0) is 24.6 Å². The van der Waals surface area contributed by atoms with Crippen LogP contribution in [0.2, 0.25) is 5.02 Å². The average molecular weight is 241 g/mol. The van der Waals surface area contributed by atoms with Gasteiger partial charge in [0.05, 0.1) is 15.2 Å². The third kappa shape index (κ3) is 2.14. The van der Waals surface area contributed by atoms with Gasteiger partial charge in [-0.3, -0.25) is 0 Å². The summed E-state index contributed by atoms with van der Waals surface area (Å²) in [7, 11) is 0. The van der Waals surface area contributed by atoms with Crippen molar-refractivity contribution in [3.05, 3.63) is 28.2 Å². The van der Waals surface area contributed by atoms with E-state index in [1.165, 1.54) is 4.70 Å². The summed E-state index contributed by atoms with van der Waals surface area (Å²) in [5, 5.41) is 1.86. The molecule has 4 heteroatoms. The topological polar surface area (TPSA) is 38.9 Å². The molecular weight excluding hydrogens is 228 g/mol. The molecule has 2 N–H and O–H groups in total. The lowest BCUT2D eigenvalue weighted by molar-refractivity contribution is 0.671. The number of hydrogen-bond acceptors (Lipinski definition) is 3. The van der Waals surface area contributed by atoms with E-state index < -0.39 is 0 Å². The first-order valence-electron chi connectivity index (χ1n) is 5.00. The van der Waals surface area contributed by atoms with E-state index in [2.05, 4.69) is 11.9 Å². The van der Waals surface area contributed by atoms with Crippen molar-refractivity contribution in [2.45, 2.75) is 19.3 Å². The lowest BCUT2D eigenvalue weighted by Crippen LogP contribution is -2.10. The van der Waals surface area contributed by atoms with Gasteiger partial charge in [-0.2, -0.15) is 0 Å². The molecule has 1 heterocycles. The summed E-state index contributed by atoms with van der Waals surface area (Å²) in [6.45, 7) is 2.79. The summed E-state index contributed by atoms with van der Waals surface area (Å²) in [5.74, 6) is 0.376. The Kier molecular flexibility index (Phi) is 3.24. The maximum Gasteiger partial charge on any atom is 0.0982 e. The molecule has 0 radical (unpaired) electrons. The van der Waals surface area contributed by atoms with Gasteiger partial charge in [0.15, 0.2) is 0 Å². The van der Waals surface area contributed by atoms with E-state index in [0.29, 0.717) is 12.5 Å². The first-order valence-corrected chi connectivity index (χ1v) is 6.20. The third-order valence-corrected chi connectivity index (χ3v) is 3.93. The summed E-state index contributed by atoms with van der Waals surface area (Å²) in [5.41, 5.74) is 6.69. The van der Waals surface area contributed by atoms with Gasteiger partial charge in [0, 0.05) is 17.5 Å². The molecule has 80 valence electrons. The summed E-state index contributed by atoms with van der Waals surface area (Å²) < 4.78 is 1.18. The number of thiazole rings is 1. The number of nitrogens with two attached hydrogens (primary N) is 1. The molecule has 2 aromatic rings. The second-order valence-electron chi connectivity index (χ2n) is 3.51. The van der Waals surface area contributed by atoms with Gasteiger partial charge in [-0.15, -0.1) is 11.3 Å². The fourth-order valence-electron chi connectivity index (χ4n) is 1.54. The summed E-state index contributed by atoms with van der Waals surface area (Å²) >= 11 is 7.63. The molecule has 0 saturated carbocycles. The van der Waals surface area contributed by atoms with Crippen LogP contribution in [-0.2, 0) is 0 Å². The number of nitrogens with zero attached hydrogens (tertiary/aromatic N) is 1. The van der Waals surface area contributed by atoms with Crippen molar-refractivity contribution >= 4 is 33.2 Å². The molecule has 1 aromatic heterocycles. The lowest BCUT2D eigenvalue weighted by Gasteiger charge is -2.06. The van der Waals surface area contributed by atoms with Gasteiger partial charge in [-0.25, -0.2) is 4.98 Å².